The first-order valence-corrected chi connectivity index (χ1v) is 11.1. The van der Waals surface area contributed by atoms with Crippen LogP contribution >= 0.6 is 24.0 Å². The monoisotopic (exact) mass is 470 g/mol. The smallest absolute Gasteiger partial charge is 0.338 e. The summed E-state index contributed by atoms with van der Waals surface area (Å²) < 4.78 is 10.6. The number of carbonyl (C=O) groups excluding carboxylic acids is 3. The van der Waals surface area contributed by atoms with Crippen LogP contribution in [0.5, 0.6) is 5.75 Å². The first-order valence-electron chi connectivity index (χ1n) is 9.83. The maximum Gasteiger partial charge on any atom is 0.338 e. The molecule has 0 bridgehead atoms. The molecule has 0 saturated carbocycles. The Hall–Kier alpha value is -3.17. The normalized spacial score (nSPS) is 15.6. The summed E-state index contributed by atoms with van der Waals surface area (Å²) in [6.45, 7) is 3.62. The predicted octanol–water partition coefficient (Wildman–Crippen LogP) is 4.10. The summed E-state index contributed by atoms with van der Waals surface area (Å²) in [5, 5.41) is 2.75. The van der Waals surface area contributed by atoms with E-state index in [1.165, 1.54) is 4.90 Å². The van der Waals surface area contributed by atoms with E-state index in [1.807, 2.05) is 18.2 Å². The molecule has 9 heteroatoms. The summed E-state index contributed by atoms with van der Waals surface area (Å²) in [6, 6.07) is 12.8. The van der Waals surface area contributed by atoms with Crippen LogP contribution in [-0.4, -0.2) is 46.8 Å². The molecule has 7 nitrogen and oxygen atoms in total. The molecule has 1 aliphatic rings. The highest BCUT2D eigenvalue weighted by Gasteiger charge is 2.38. The molecule has 0 aliphatic carbocycles. The summed E-state index contributed by atoms with van der Waals surface area (Å²) in [5.41, 5.74) is 1.62. The van der Waals surface area contributed by atoms with Crippen molar-refractivity contribution in [2.24, 2.45) is 0 Å². The van der Waals surface area contributed by atoms with Crippen LogP contribution < -0.4 is 10.1 Å². The van der Waals surface area contributed by atoms with Gasteiger partial charge in [0.25, 0.3) is 5.91 Å². The zero-order valence-corrected chi connectivity index (χ0v) is 19.4. The van der Waals surface area contributed by atoms with Gasteiger partial charge >= 0.3 is 5.97 Å². The number of thioether (sulfide) groups is 1. The van der Waals surface area contributed by atoms with Crippen LogP contribution in [0.2, 0.25) is 0 Å². The van der Waals surface area contributed by atoms with Gasteiger partial charge in [0.1, 0.15) is 16.1 Å². The highest BCUT2D eigenvalue weighted by molar-refractivity contribution is 8.26. The van der Waals surface area contributed by atoms with Crippen molar-refractivity contribution in [3.63, 3.8) is 0 Å². The maximum atomic E-state index is 13.0. The Morgan fingerprint density at radius 1 is 1.19 bits per heavy atom. The number of rotatable bonds is 7. The Labute approximate surface area is 195 Å². The minimum Gasteiger partial charge on any atom is -0.496 e. The number of carbonyl (C=O) groups is 3. The van der Waals surface area contributed by atoms with Crippen molar-refractivity contribution in [1.29, 1.82) is 0 Å². The fourth-order valence-electron chi connectivity index (χ4n) is 3.01. The van der Waals surface area contributed by atoms with Crippen LogP contribution in [0.3, 0.4) is 0 Å². The summed E-state index contributed by atoms with van der Waals surface area (Å²) >= 11 is 6.51. The second-order valence-corrected chi connectivity index (χ2v) is 8.43. The van der Waals surface area contributed by atoms with Crippen molar-refractivity contribution in [2.75, 3.05) is 19.0 Å². The van der Waals surface area contributed by atoms with E-state index in [-0.39, 0.29) is 12.5 Å². The van der Waals surface area contributed by atoms with Crippen molar-refractivity contribution in [1.82, 2.24) is 4.90 Å². The number of nitrogens with one attached hydrogen (secondary N) is 1. The molecule has 2 aromatic rings. The maximum absolute atomic E-state index is 13.0. The zero-order valence-electron chi connectivity index (χ0n) is 17.8. The fraction of sp³-hybridized carbons (Fsp3) is 0.217. The number of esters is 1. The van der Waals surface area contributed by atoms with Gasteiger partial charge in [0.2, 0.25) is 5.91 Å². The quantitative estimate of drug-likeness (QED) is 0.370. The molecule has 3 rings (SSSR count). The van der Waals surface area contributed by atoms with Gasteiger partial charge in [0.05, 0.1) is 24.2 Å². The van der Waals surface area contributed by atoms with Gasteiger partial charge in [-0.15, -0.1) is 0 Å². The lowest BCUT2D eigenvalue weighted by Gasteiger charge is -2.22. The minimum atomic E-state index is -0.823. The van der Waals surface area contributed by atoms with Gasteiger partial charge in [-0.2, -0.15) is 0 Å². The van der Waals surface area contributed by atoms with Crippen LogP contribution in [0.1, 0.15) is 29.8 Å². The van der Waals surface area contributed by atoms with Crippen molar-refractivity contribution in [2.45, 2.75) is 19.9 Å². The van der Waals surface area contributed by atoms with Crippen LogP contribution in [0, 0.1) is 0 Å². The van der Waals surface area contributed by atoms with Crippen molar-refractivity contribution in [3.8, 4) is 5.75 Å². The molecule has 1 heterocycles. The van der Waals surface area contributed by atoms with Crippen LogP contribution in [0.15, 0.2) is 53.4 Å². The molecule has 1 atom stereocenters. The molecule has 0 aromatic heterocycles. The van der Waals surface area contributed by atoms with E-state index in [2.05, 4.69) is 5.32 Å². The second-order valence-electron chi connectivity index (χ2n) is 6.76. The molecule has 2 aromatic carbocycles. The third kappa shape index (κ3) is 5.17. The van der Waals surface area contributed by atoms with E-state index in [9.17, 15) is 14.4 Å². The van der Waals surface area contributed by atoms with Gasteiger partial charge in [0, 0.05) is 11.3 Å². The summed E-state index contributed by atoms with van der Waals surface area (Å²) in [6.07, 6.45) is 1.71. The molecule has 1 fully saturated rings. The fourth-order valence-corrected chi connectivity index (χ4v) is 4.42. The van der Waals surface area contributed by atoms with Crippen molar-refractivity contribution >= 4 is 57.8 Å². The summed E-state index contributed by atoms with van der Waals surface area (Å²) in [5.74, 6) is -0.539. The molecular weight excluding hydrogens is 448 g/mol. The van der Waals surface area contributed by atoms with Crippen LogP contribution in [0.4, 0.5) is 5.69 Å². The molecular formula is C23H22N2O5S2. The van der Waals surface area contributed by atoms with E-state index < -0.39 is 17.9 Å². The Morgan fingerprint density at radius 3 is 2.53 bits per heavy atom. The molecule has 0 spiro atoms. The average molecular weight is 471 g/mol. The van der Waals surface area contributed by atoms with E-state index >= 15 is 0 Å². The number of hydrogen-bond acceptors (Lipinski definition) is 7. The number of nitrogens with zero attached hydrogens (tertiary/aromatic N) is 1. The lowest BCUT2D eigenvalue weighted by molar-refractivity contribution is -0.129. The van der Waals surface area contributed by atoms with E-state index in [0.717, 1.165) is 17.3 Å². The molecule has 2 amide bonds. The number of ether oxygens (including phenoxy) is 2. The van der Waals surface area contributed by atoms with Gasteiger partial charge in [-0.1, -0.05) is 42.2 Å². The highest BCUT2D eigenvalue weighted by Crippen LogP contribution is 2.35. The van der Waals surface area contributed by atoms with E-state index in [4.69, 9.17) is 21.7 Å². The Balaban J connectivity index is 1.71. The number of thiocarbonyl (C=S) groups is 1. The van der Waals surface area contributed by atoms with Gasteiger partial charge in [-0.25, -0.2) is 4.79 Å². The zero-order chi connectivity index (χ0) is 23.3. The first kappa shape index (κ1) is 23.5. The predicted molar refractivity (Wildman–Crippen MR) is 128 cm³/mol. The molecule has 0 radical (unpaired) electrons. The molecule has 1 unspecified atom stereocenters. The topological polar surface area (TPSA) is 84.9 Å². The lowest BCUT2D eigenvalue weighted by Crippen LogP contribution is -2.44. The number of para-hydroxylation sites is 1. The van der Waals surface area contributed by atoms with E-state index in [1.54, 1.807) is 57.4 Å². The van der Waals surface area contributed by atoms with Crippen molar-refractivity contribution in [3.05, 3.63) is 64.6 Å². The minimum absolute atomic E-state index is 0.282. The Morgan fingerprint density at radius 2 is 1.88 bits per heavy atom. The van der Waals surface area contributed by atoms with E-state index in [0.29, 0.717) is 26.2 Å². The number of methoxy groups -OCH3 is 1. The summed E-state index contributed by atoms with van der Waals surface area (Å²) in [7, 11) is 1.56. The SMILES string of the molecule is CCOC(=O)c1ccc(NC(=O)C(C)N2C(=O)/C(=C/c3ccccc3OC)SC2=S)cc1. The third-order valence-corrected chi connectivity index (χ3v) is 6.01. The average Bonchev–Trinajstić information content (AvgIpc) is 3.06. The summed E-state index contributed by atoms with van der Waals surface area (Å²) in [4.78, 5) is 39.2. The van der Waals surface area contributed by atoms with Crippen LogP contribution in [-0.2, 0) is 14.3 Å². The number of hydrogen-bond donors (Lipinski definition) is 1. The molecule has 166 valence electrons. The Kier molecular flexibility index (Phi) is 7.66. The number of amides is 2. The highest BCUT2D eigenvalue weighted by atomic mass is 32.2. The lowest BCUT2D eigenvalue weighted by atomic mass is 10.1. The van der Waals surface area contributed by atoms with Gasteiger partial charge in [-0.05, 0) is 50.3 Å². The molecule has 32 heavy (non-hydrogen) atoms. The molecule has 1 saturated heterocycles. The van der Waals surface area contributed by atoms with Gasteiger partial charge < -0.3 is 14.8 Å². The third-order valence-electron chi connectivity index (χ3n) is 4.68. The second kappa shape index (κ2) is 10.4. The molecule has 1 aliphatic heterocycles. The van der Waals surface area contributed by atoms with Crippen molar-refractivity contribution < 1.29 is 23.9 Å². The first-order chi connectivity index (χ1) is 15.3. The van der Waals surface area contributed by atoms with Crippen LogP contribution in [0.25, 0.3) is 6.08 Å². The number of benzene rings is 2. The molecule has 1 N–H and O–H groups in total. The van der Waals surface area contributed by atoms with Gasteiger partial charge in [0.15, 0.2) is 0 Å². The Bertz CT molecular complexity index is 1080. The number of anilines is 1. The van der Waals surface area contributed by atoms with Gasteiger partial charge in [-0.3, -0.25) is 14.5 Å². The largest absolute Gasteiger partial charge is 0.496 e. The standard InChI is InChI=1S/C23H22N2O5S2/c1-4-30-22(28)15-9-11-17(12-10-15)24-20(26)14(2)25-21(27)19(32-23(25)31)13-16-7-5-6-8-18(16)29-3/h5-14H,4H2,1-3H3,(H,24,26)/b19-13-.